The number of nitrogens with one attached hydrogen (secondary N) is 1. The van der Waals surface area contributed by atoms with Gasteiger partial charge in [-0.15, -0.1) is 0 Å². The Balaban J connectivity index is 2.21. The molecule has 1 atom stereocenters. The van der Waals surface area contributed by atoms with Crippen molar-refractivity contribution in [2.45, 2.75) is 31.7 Å². The fourth-order valence-corrected chi connectivity index (χ4v) is 2.82. The Hall–Kier alpha value is -1.06. The summed E-state index contributed by atoms with van der Waals surface area (Å²) in [7, 11) is 1.81. The summed E-state index contributed by atoms with van der Waals surface area (Å²) in [6.45, 7) is 1.26. The topological polar surface area (TPSA) is 32.3 Å². The second kappa shape index (κ2) is 6.92. The number of hydrogen-bond acceptors (Lipinski definition) is 2. The minimum absolute atomic E-state index is 0.185. The predicted octanol–water partition coefficient (Wildman–Crippen LogP) is 3.00. The van der Waals surface area contributed by atoms with E-state index in [0.29, 0.717) is 6.54 Å². The zero-order chi connectivity index (χ0) is 13.7. The highest BCUT2D eigenvalue weighted by Crippen LogP contribution is 2.30. The Bertz CT molecular complexity index is 419. The Morgan fingerprint density at radius 3 is 2.74 bits per heavy atom. The summed E-state index contributed by atoms with van der Waals surface area (Å²) < 4.78 is 0. The van der Waals surface area contributed by atoms with Crippen LogP contribution in [0.4, 0.5) is 0 Å². The van der Waals surface area contributed by atoms with E-state index in [9.17, 15) is 4.79 Å². The van der Waals surface area contributed by atoms with E-state index in [2.05, 4.69) is 5.32 Å². The van der Waals surface area contributed by atoms with E-state index in [-0.39, 0.29) is 11.9 Å². The van der Waals surface area contributed by atoms with E-state index < -0.39 is 0 Å². The number of likely N-dealkylation sites (N-methyl/N-ethyl adjacent to an activating group) is 1. The van der Waals surface area contributed by atoms with Gasteiger partial charge in [0.2, 0.25) is 5.91 Å². The van der Waals surface area contributed by atoms with Gasteiger partial charge in [-0.2, -0.15) is 0 Å². The van der Waals surface area contributed by atoms with Crippen LogP contribution in [0.15, 0.2) is 24.3 Å². The highest BCUT2D eigenvalue weighted by molar-refractivity contribution is 6.30. The molecule has 1 N–H and O–H groups in total. The van der Waals surface area contributed by atoms with E-state index in [1.165, 1.54) is 18.4 Å². The van der Waals surface area contributed by atoms with Gasteiger partial charge in [-0.25, -0.2) is 0 Å². The molecule has 1 heterocycles. The first-order valence-electron chi connectivity index (χ1n) is 6.92. The predicted molar refractivity (Wildman–Crippen MR) is 78.3 cm³/mol. The van der Waals surface area contributed by atoms with Crippen LogP contribution in [0.5, 0.6) is 0 Å². The lowest BCUT2D eigenvalue weighted by Gasteiger charge is -2.30. The Labute approximate surface area is 119 Å². The van der Waals surface area contributed by atoms with Crippen LogP contribution in [0.2, 0.25) is 5.02 Å². The quantitative estimate of drug-likeness (QED) is 0.923. The minimum atomic E-state index is 0.185. The maximum atomic E-state index is 12.2. The fraction of sp³-hybridized carbons (Fsp3) is 0.533. The number of halogens is 1. The number of nitrogens with zero attached hydrogens (tertiary/aromatic N) is 1. The van der Waals surface area contributed by atoms with E-state index in [0.717, 1.165) is 24.4 Å². The molecule has 1 unspecified atom stereocenters. The SMILES string of the molecule is CNCC(=O)N1CCCCCC1c1ccc(Cl)cc1. The van der Waals surface area contributed by atoms with E-state index in [4.69, 9.17) is 11.6 Å². The third-order valence-electron chi connectivity index (χ3n) is 3.66. The Kier molecular flexibility index (Phi) is 5.23. The second-order valence-electron chi connectivity index (χ2n) is 5.03. The number of hydrogen-bond donors (Lipinski definition) is 1. The molecule has 3 nitrogen and oxygen atoms in total. The number of benzene rings is 1. The lowest BCUT2D eigenvalue weighted by Crippen LogP contribution is -2.39. The first kappa shape index (κ1) is 14.4. The maximum Gasteiger partial charge on any atom is 0.237 e. The van der Waals surface area contributed by atoms with Gasteiger partial charge in [0.25, 0.3) is 0 Å². The van der Waals surface area contributed by atoms with Gasteiger partial charge in [-0.05, 0) is 37.6 Å². The molecule has 104 valence electrons. The van der Waals surface area contributed by atoms with Crippen LogP contribution >= 0.6 is 11.6 Å². The summed E-state index contributed by atoms with van der Waals surface area (Å²) in [5.41, 5.74) is 1.19. The van der Waals surface area contributed by atoms with Crippen LogP contribution in [0.1, 0.15) is 37.3 Å². The monoisotopic (exact) mass is 280 g/mol. The third kappa shape index (κ3) is 3.71. The van der Waals surface area contributed by atoms with Crippen LogP contribution < -0.4 is 5.32 Å². The number of rotatable bonds is 3. The van der Waals surface area contributed by atoms with Gasteiger partial charge in [0.05, 0.1) is 12.6 Å². The molecule has 0 spiro atoms. The molecular formula is C15H21ClN2O. The molecule has 19 heavy (non-hydrogen) atoms. The smallest absolute Gasteiger partial charge is 0.237 e. The van der Waals surface area contributed by atoms with E-state index >= 15 is 0 Å². The summed E-state index contributed by atoms with van der Waals surface area (Å²) in [5, 5.41) is 3.70. The minimum Gasteiger partial charge on any atom is -0.335 e. The number of carbonyl (C=O) groups is 1. The number of amides is 1. The third-order valence-corrected chi connectivity index (χ3v) is 3.91. The normalized spacial score (nSPS) is 20.1. The summed E-state index contributed by atoms with van der Waals surface area (Å²) in [5.74, 6) is 0.185. The van der Waals surface area contributed by atoms with Crippen molar-refractivity contribution >= 4 is 17.5 Å². The molecule has 1 saturated heterocycles. The number of carbonyl (C=O) groups excluding carboxylic acids is 1. The largest absolute Gasteiger partial charge is 0.335 e. The van der Waals surface area contributed by atoms with Crippen LogP contribution in [-0.4, -0.2) is 30.9 Å². The van der Waals surface area contributed by atoms with Crippen molar-refractivity contribution in [1.82, 2.24) is 10.2 Å². The van der Waals surface area contributed by atoms with Gasteiger partial charge in [0.15, 0.2) is 0 Å². The lowest BCUT2D eigenvalue weighted by atomic mass is 10.0. The van der Waals surface area contributed by atoms with E-state index in [1.54, 1.807) is 0 Å². The number of likely N-dealkylation sites (tertiary alicyclic amines) is 1. The molecular weight excluding hydrogens is 260 g/mol. The van der Waals surface area contributed by atoms with Crippen molar-refractivity contribution in [2.75, 3.05) is 20.1 Å². The zero-order valence-corrected chi connectivity index (χ0v) is 12.1. The average Bonchev–Trinajstić information content (AvgIpc) is 2.65. The van der Waals surface area contributed by atoms with Crippen molar-refractivity contribution in [3.63, 3.8) is 0 Å². The van der Waals surface area contributed by atoms with Crippen LogP contribution in [-0.2, 0) is 4.79 Å². The van der Waals surface area contributed by atoms with Gasteiger partial charge >= 0.3 is 0 Å². The highest BCUT2D eigenvalue weighted by Gasteiger charge is 2.25. The van der Waals surface area contributed by atoms with Crippen LogP contribution in [0, 0.1) is 0 Å². The summed E-state index contributed by atoms with van der Waals surface area (Å²) in [6, 6.07) is 8.08. The molecule has 1 aliphatic rings. The molecule has 0 aromatic heterocycles. The molecule has 0 saturated carbocycles. The molecule has 1 fully saturated rings. The molecule has 1 aromatic rings. The summed E-state index contributed by atoms with van der Waals surface area (Å²) in [4.78, 5) is 14.3. The Morgan fingerprint density at radius 2 is 2.05 bits per heavy atom. The van der Waals surface area contributed by atoms with E-state index in [1.807, 2.05) is 36.2 Å². The van der Waals surface area contributed by atoms with Crippen molar-refractivity contribution in [1.29, 1.82) is 0 Å². The first-order chi connectivity index (χ1) is 9.22. The highest BCUT2D eigenvalue weighted by atomic mass is 35.5. The molecule has 1 aromatic carbocycles. The van der Waals surface area contributed by atoms with Crippen molar-refractivity contribution in [2.24, 2.45) is 0 Å². The molecule has 0 aliphatic carbocycles. The summed E-state index contributed by atoms with van der Waals surface area (Å²) >= 11 is 5.94. The molecule has 0 bridgehead atoms. The standard InChI is InChI=1S/C15H21ClN2O/c1-17-11-15(19)18-10-4-2-3-5-14(18)12-6-8-13(16)9-7-12/h6-9,14,17H,2-5,10-11H2,1H3. The van der Waals surface area contributed by atoms with Crippen molar-refractivity contribution < 1.29 is 4.79 Å². The molecule has 0 radical (unpaired) electrons. The van der Waals surface area contributed by atoms with Crippen molar-refractivity contribution in [3.8, 4) is 0 Å². The van der Waals surface area contributed by atoms with Crippen LogP contribution in [0.25, 0.3) is 0 Å². The second-order valence-corrected chi connectivity index (χ2v) is 5.47. The van der Waals surface area contributed by atoms with Crippen molar-refractivity contribution in [3.05, 3.63) is 34.9 Å². The average molecular weight is 281 g/mol. The van der Waals surface area contributed by atoms with Gasteiger partial charge < -0.3 is 10.2 Å². The Morgan fingerprint density at radius 1 is 1.32 bits per heavy atom. The fourth-order valence-electron chi connectivity index (χ4n) is 2.69. The van der Waals surface area contributed by atoms with Gasteiger partial charge in [0.1, 0.15) is 0 Å². The summed E-state index contributed by atoms with van der Waals surface area (Å²) in [6.07, 6.45) is 4.51. The maximum absolute atomic E-state index is 12.2. The molecule has 1 amide bonds. The lowest BCUT2D eigenvalue weighted by molar-refractivity contribution is -0.132. The molecule has 1 aliphatic heterocycles. The van der Waals surface area contributed by atoms with Gasteiger partial charge in [0, 0.05) is 11.6 Å². The zero-order valence-electron chi connectivity index (χ0n) is 11.4. The molecule has 4 heteroatoms. The van der Waals surface area contributed by atoms with Gasteiger partial charge in [-0.3, -0.25) is 4.79 Å². The molecule has 2 rings (SSSR count). The van der Waals surface area contributed by atoms with Gasteiger partial charge in [-0.1, -0.05) is 36.6 Å². The first-order valence-corrected chi connectivity index (χ1v) is 7.29. The van der Waals surface area contributed by atoms with Crippen LogP contribution in [0.3, 0.4) is 0 Å².